The SMILES string of the molecule is O=Cc1cccc(Oc2ncn(-c3ccccc3)n2)c1. The van der Waals surface area contributed by atoms with E-state index >= 15 is 0 Å². The van der Waals surface area contributed by atoms with Gasteiger partial charge >= 0.3 is 6.01 Å². The van der Waals surface area contributed by atoms with E-state index in [4.69, 9.17) is 4.74 Å². The quantitative estimate of drug-likeness (QED) is 0.681. The zero-order chi connectivity index (χ0) is 13.8. The summed E-state index contributed by atoms with van der Waals surface area (Å²) in [6.45, 7) is 0. The van der Waals surface area contributed by atoms with Gasteiger partial charge in [-0.25, -0.2) is 4.68 Å². The molecular formula is C15H11N3O2. The Bertz CT molecular complexity index is 723. The van der Waals surface area contributed by atoms with Gasteiger partial charge in [-0.3, -0.25) is 4.79 Å². The molecule has 0 saturated carbocycles. The highest BCUT2D eigenvalue weighted by Gasteiger charge is 2.05. The molecule has 1 heterocycles. The molecule has 0 N–H and O–H groups in total. The molecule has 3 rings (SSSR count). The third-order valence-corrected chi connectivity index (χ3v) is 2.69. The highest BCUT2D eigenvalue weighted by atomic mass is 16.5. The van der Waals surface area contributed by atoms with Crippen LogP contribution in [0.4, 0.5) is 0 Å². The number of hydrogen-bond acceptors (Lipinski definition) is 4. The number of rotatable bonds is 4. The van der Waals surface area contributed by atoms with Crippen LogP contribution >= 0.6 is 0 Å². The summed E-state index contributed by atoms with van der Waals surface area (Å²) in [5.74, 6) is 0.528. The average molecular weight is 265 g/mol. The van der Waals surface area contributed by atoms with Crippen LogP contribution in [-0.4, -0.2) is 21.1 Å². The van der Waals surface area contributed by atoms with Crippen LogP contribution in [0.25, 0.3) is 5.69 Å². The number of ether oxygens (including phenoxy) is 1. The molecule has 0 aliphatic rings. The Morgan fingerprint density at radius 2 is 1.90 bits per heavy atom. The Balaban J connectivity index is 1.82. The number of carbonyl (C=O) groups excluding carboxylic acids is 1. The van der Waals surface area contributed by atoms with Crippen LogP contribution in [0.3, 0.4) is 0 Å². The second-order valence-electron chi connectivity index (χ2n) is 4.10. The maximum Gasteiger partial charge on any atom is 0.341 e. The van der Waals surface area contributed by atoms with Crippen molar-refractivity contribution in [2.24, 2.45) is 0 Å². The molecule has 0 amide bonds. The minimum atomic E-state index is 0.233. The fourth-order valence-electron chi connectivity index (χ4n) is 1.76. The van der Waals surface area contributed by atoms with E-state index in [-0.39, 0.29) is 6.01 Å². The van der Waals surface area contributed by atoms with Gasteiger partial charge in [-0.15, -0.1) is 5.10 Å². The van der Waals surface area contributed by atoms with Crippen molar-refractivity contribution in [2.45, 2.75) is 0 Å². The zero-order valence-corrected chi connectivity index (χ0v) is 10.5. The summed E-state index contributed by atoms with van der Waals surface area (Å²) in [5, 5.41) is 4.23. The summed E-state index contributed by atoms with van der Waals surface area (Å²) >= 11 is 0. The highest BCUT2D eigenvalue weighted by Crippen LogP contribution is 2.18. The van der Waals surface area contributed by atoms with Gasteiger partial charge in [0.05, 0.1) is 5.69 Å². The molecule has 98 valence electrons. The van der Waals surface area contributed by atoms with E-state index in [1.165, 1.54) is 0 Å². The highest BCUT2D eigenvalue weighted by molar-refractivity contribution is 5.75. The number of benzene rings is 2. The molecule has 0 saturated heterocycles. The Hall–Kier alpha value is -2.95. The molecule has 0 unspecified atom stereocenters. The topological polar surface area (TPSA) is 57.0 Å². The molecule has 5 nitrogen and oxygen atoms in total. The van der Waals surface area contributed by atoms with Gasteiger partial charge in [0.15, 0.2) is 0 Å². The molecule has 0 aliphatic carbocycles. The van der Waals surface area contributed by atoms with Crippen LogP contribution in [0.5, 0.6) is 11.8 Å². The lowest BCUT2D eigenvalue weighted by atomic mass is 10.2. The second-order valence-corrected chi connectivity index (χ2v) is 4.10. The van der Waals surface area contributed by atoms with Crippen molar-refractivity contribution in [1.29, 1.82) is 0 Å². The third kappa shape index (κ3) is 2.56. The average Bonchev–Trinajstić information content (AvgIpc) is 2.97. The molecule has 0 bridgehead atoms. The molecule has 0 radical (unpaired) electrons. The van der Waals surface area contributed by atoms with E-state index in [1.807, 2.05) is 30.3 Å². The number of nitrogens with zero attached hydrogens (tertiary/aromatic N) is 3. The molecule has 1 aromatic heterocycles. The molecule has 0 atom stereocenters. The normalized spacial score (nSPS) is 10.2. The monoisotopic (exact) mass is 265 g/mol. The Kier molecular flexibility index (Phi) is 3.24. The Morgan fingerprint density at radius 1 is 1.05 bits per heavy atom. The molecular weight excluding hydrogens is 254 g/mol. The maximum atomic E-state index is 10.7. The minimum Gasteiger partial charge on any atom is -0.423 e. The molecule has 2 aromatic carbocycles. The Labute approximate surface area is 115 Å². The number of para-hydroxylation sites is 1. The van der Waals surface area contributed by atoms with E-state index in [0.29, 0.717) is 11.3 Å². The van der Waals surface area contributed by atoms with E-state index in [2.05, 4.69) is 10.1 Å². The van der Waals surface area contributed by atoms with Gasteiger partial charge in [-0.2, -0.15) is 4.98 Å². The van der Waals surface area contributed by atoms with Crippen LogP contribution < -0.4 is 4.74 Å². The first-order chi connectivity index (χ1) is 9.85. The first kappa shape index (κ1) is 12.1. The van der Waals surface area contributed by atoms with Crippen LogP contribution in [0.1, 0.15) is 10.4 Å². The largest absolute Gasteiger partial charge is 0.423 e. The number of aldehydes is 1. The standard InChI is InChI=1S/C15H11N3O2/c19-10-12-5-4-8-14(9-12)20-15-16-11-18(17-15)13-6-2-1-3-7-13/h1-11H. The molecule has 0 spiro atoms. The second kappa shape index (κ2) is 5.36. The first-order valence-corrected chi connectivity index (χ1v) is 6.05. The fraction of sp³-hybridized carbons (Fsp3) is 0. The Morgan fingerprint density at radius 3 is 2.70 bits per heavy atom. The lowest BCUT2D eigenvalue weighted by Crippen LogP contribution is -1.94. The summed E-state index contributed by atoms with van der Waals surface area (Å²) < 4.78 is 7.14. The van der Waals surface area contributed by atoms with Crippen LogP contribution in [0, 0.1) is 0 Å². The van der Waals surface area contributed by atoms with Gasteiger partial charge < -0.3 is 4.74 Å². The van der Waals surface area contributed by atoms with E-state index in [0.717, 1.165) is 12.0 Å². The fourth-order valence-corrected chi connectivity index (χ4v) is 1.76. The lowest BCUT2D eigenvalue weighted by Gasteiger charge is -2.01. The van der Waals surface area contributed by atoms with Crippen molar-refractivity contribution in [3.8, 4) is 17.4 Å². The molecule has 0 fully saturated rings. The molecule has 3 aromatic rings. The van der Waals surface area contributed by atoms with Crippen LogP contribution in [0.15, 0.2) is 60.9 Å². The maximum absolute atomic E-state index is 10.7. The summed E-state index contributed by atoms with van der Waals surface area (Å²) in [7, 11) is 0. The van der Waals surface area contributed by atoms with Crippen molar-refractivity contribution in [2.75, 3.05) is 0 Å². The van der Waals surface area contributed by atoms with Crippen LogP contribution in [0.2, 0.25) is 0 Å². The van der Waals surface area contributed by atoms with E-state index in [1.54, 1.807) is 35.3 Å². The van der Waals surface area contributed by atoms with Gasteiger partial charge in [-0.05, 0) is 24.3 Å². The molecule has 5 heteroatoms. The van der Waals surface area contributed by atoms with Crippen LogP contribution in [-0.2, 0) is 0 Å². The van der Waals surface area contributed by atoms with E-state index < -0.39 is 0 Å². The predicted octanol–water partition coefficient (Wildman–Crippen LogP) is 2.87. The van der Waals surface area contributed by atoms with Crippen molar-refractivity contribution in [3.63, 3.8) is 0 Å². The van der Waals surface area contributed by atoms with Gasteiger partial charge in [0.2, 0.25) is 0 Å². The number of carbonyl (C=O) groups is 1. The lowest BCUT2D eigenvalue weighted by molar-refractivity contribution is 0.112. The summed E-state index contributed by atoms with van der Waals surface area (Å²) in [6, 6.07) is 16.7. The summed E-state index contributed by atoms with van der Waals surface area (Å²) in [6.07, 6.45) is 2.34. The van der Waals surface area contributed by atoms with Gasteiger partial charge in [0, 0.05) is 5.56 Å². The van der Waals surface area contributed by atoms with Gasteiger partial charge in [-0.1, -0.05) is 30.3 Å². The van der Waals surface area contributed by atoms with E-state index in [9.17, 15) is 4.79 Å². The van der Waals surface area contributed by atoms with Gasteiger partial charge in [0.25, 0.3) is 0 Å². The summed E-state index contributed by atoms with van der Waals surface area (Å²) in [4.78, 5) is 14.8. The third-order valence-electron chi connectivity index (χ3n) is 2.69. The van der Waals surface area contributed by atoms with Crippen molar-refractivity contribution < 1.29 is 9.53 Å². The van der Waals surface area contributed by atoms with Gasteiger partial charge in [0.1, 0.15) is 18.4 Å². The summed E-state index contributed by atoms with van der Waals surface area (Å²) in [5.41, 5.74) is 1.45. The minimum absolute atomic E-state index is 0.233. The molecule has 0 aliphatic heterocycles. The number of hydrogen-bond donors (Lipinski definition) is 0. The molecule has 20 heavy (non-hydrogen) atoms. The van der Waals surface area contributed by atoms with Crippen molar-refractivity contribution in [3.05, 3.63) is 66.5 Å². The zero-order valence-electron chi connectivity index (χ0n) is 10.5. The number of aromatic nitrogens is 3. The predicted molar refractivity (Wildman–Crippen MR) is 73.3 cm³/mol. The van der Waals surface area contributed by atoms with Crippen molar-refractivity contribution >= 4 is 6.29 Å². The smallest absolute Gasteiger partial charge is 0.341 e. The first-order valence-electron chi connectivity index (χ1n) is 6.05. The van der Waals surface area contributed by atoms with Crippen molar-refractivity contribution in [1.82, 2.24) is 14.8 Å².